The van der Waals surface area contributed by atoms with Crippen molar-refractivity contribution in [2.75, 3.05) is 0 Å². The fraction of sp³-hybridized carbons (Fsp3) is 0.800. The summed E-state index contributed by atoms with van der Waals surface area (Å²) in [4.78, 5) is 0. The summed E-state index contributed by atoms with van der Waals surface area (Å²) >= 11 is 1.62. The average Bonchev–Trinajstić information content (AvgIpc) is 1.65. The Kier molecular flexibility index (Phi) is 4.42. The second-order valence-electron chi connectivity index (χ2n) is 1.31. The van der Waals surface area contributed by atoms with E-state index in [1.165, 1.54) is 12.8 Å². The van der Waals surface area contributed by atoms with Crippen LogP contribution in [0, 0.1) is 0 Å². The summed E-state index contributed by atoms with van der Waals surface area (Å²) in [5.41, 5.74) is 0. The molecule has 0 atom stereocenters. The van der Waals surface area contributed by atoms with E-state index in [0.717, 1.165) is 0 Å². The molecule has 32 valence electrons. The van der Waals surface area contributed by atoms with E-state index in [9.17, 15) is 0 Å². The van der Waals surface area contributed by atoms with E-state index in [1.54, 1.807) is 27.4 Å². The van der Waals surface area contributed by atoms with Gasteiger partial charge < -0.3 is 0 Å². The van der Waals surface area contributed by atoms with Crippen LogP contribution in [0.2, 0.25) is 0 Å². The molecule has 0 N–H and O–H groups in total. The molecule has 0 aromatic rings. The minimum atomic E-state index is 1.29. The van der Waals surface area contributed by atoms with Crippen molar-refractivity contribution in [3.05, 3.63) is 0 Å². The Morgan fingerprint density at radius 1 is 1.33 bits per heavy atom. The van der Waals surface area contributed by atoms with Gasteiger partial charge in [0.2, 0.25) is 0 Å². The molecule has 0 aromatic carbocycles. The molecule has 0 saturated heterocycles. The molecule has 1 heteroatoms. The zero-order valence-corrected chi connectivity index (χ0v) is 6.87. The van der Waals surface area contributed by atoms with Gasteiger partial charge in [0.05, 0.1) is 0 Å². The average molecular weight is 161 g/mol. The molecule has 0 aromatic heterocycles. The second-order valence-corrected chi connectivity index (χ2v) is 3.05. The third-order valence-corrected chi connectivity index (χ3v) is 2.59. The molecule has 0 spiro atoms. The second kappa shape index (κ2) is 3.93. The van der Waals surface area contributed by atoms with Crippen LogP contribution in [0.5, 0.6) is 0 Å². The first-order chi connectivity index (χ1) is 2.81. The van der Waals surface area contributed by atoms with Crippen molar-refractivity contribution in [3.8, 4) is 0 Å². The molecule has 0 nitrogen and oxygen atoms in total. The third kappa shape index (κ3) is 2.96. The Morgan fingerprint density at radius 2 is 1.67 bits per heavy atom. The molecule has 0 rings (SSSR count). The predicted octanol–water partition coefficient (Wildman–Crippen LogP) is 1.53. The Balaban J connectivity index is 2.99. The molecule has 0 aliphatic heterocycles. The van der Waals surface area contributed by atoms with Crippen molar-refractivity contribution in [3.63, 3.8) is 0 Å². The van der Waals surface area contributed by atoms with Gasteiger partial charge in [-0.15, -0.1) is 0 Å². The van der Waals surface area contributed by atoms with Crippen LogP contribution in [0.4, 0.5) is 0 Å². The van der Waals surface area contributed by atoms with E-state index in [-0.39, 0.29) is 0 Å². The van der Waals surface area contributed by atoms with Gasteiger partial charge in [0.25, 0.3) is 0 Å². The zero-order chi connectivity index (χ0) is 4.99. The third-order valence-electron chi connectivity index (χ3n) is 0.854. The molecule has 0 radical (unpaired) electrons. The summed E-state index contributed by atoms with van der Waals surface area (Å²) in [6.07, 6.45) is 2.57. The van der Waals surface area contributed by atoms with Gasteiger partial charge in [-0.1, -0.05) is 0 Å². The Labute approximate surface area is 54.3 Å². The van der Waals surface area contributed by atoms with Gasteiger partial charge in [-0.25, -0.2) is 0 Å². The molecule has 0 aliphatic rings. The Morgan fingerprint density at radius 3 is 1.67 bits per heavy atom. The first-order valence-corrected chi connectivity index (χ1v) is 3.60. The molecule has 0 saturated carbocycles. The minimum absolute atomic E-state index is 1.29. The van der Waals surface area contributed by atoms with Crippen molar-refractivity contribution in [2.24, 2.45) is 0 Å². The zero-order valence-electron chi connectivity index (χ0n) is 4.41. The van der Waals surface area contributed by atoms with Crippen molar-refractivity contribution in [2.45, 2.75) is 26.7 Å². The summed E-state index contributed by atoms with van der Waals surface area (Å²) in [7, 11) is 0. The molecular formula is C5H10Zr+2. The molecule has 6 heavy (non-hydrogen) atoms. The standard InChI is InChI=1S/C5H10.Zr/c1-3-5-4-2;/h3-4H2,1-2H3;/q;+2. The summed E-state index contributed by atoms with van der Waals surface area (Å²) in [6, 6.07) is 0. The normalized spacial score (nSPS) is 8.67. The van der Waals surface area contributed by atoms with Crippen LogP contribution < -0.4 is 0 Å². The maximum atomic E-state index is 2.22. The summed E-state index contributed by atoms with van der Waals surface area (Å²) in [6.45, 7) is 4.43. The van der Waals surface area contributed by atoms with Crippen molar-refractivity contribution in [1.82, 2.24) is 0 Å². The summed E-state index contributed by atoms with van der Waals surface area (Å²) in [5.74, 6) is 0. The van der Waals surface area contributed by atoms with Crippen LogP contribution in [0.1, 0.15) is 26.7 Å². The van der Waals surface area contributed by atoms with Crippen LogP contribution >= 0.6 is 0 Å². The predicted molar refractivity (Wildman–Crippen MR) is 25.6 cm³/mol. The van der Waals surface area contributed by atoms with Crippen molar-refractivity contribution < 1.29 is 24.2 Å². The van der Waals surface area contributed by atoms with Gasteiger partial charge in [-0.3, -0.25) is 0 Å². The van der Waals surface area contributed by atoms with Gasteiger partial charge in [-0.2, -0.15) is 0 Å². The first kappa shape index (κ1) is 6.75. The van der Waals surface area contributed by atoms with E-state index >= 15 is 0 Å². The van der Waals surface area contributed by atoms with E-state index in [2.05, 4.69) is 13.8 Å². The monoisotopic (exact) mass is 160 g/mol. The number of hydrogen-bond donors (Lipinski definition) is 0. The van der Waals surface area contributed by atoms with Gasteiger partial charge in [-0.05, 0) is 0 Å². The van der Waals surface area contributed by atoms with Crippen LogP contribution in [-0.2, 0) is 24.2 Å². The fourth-order valence-electron chi connectivity index (χ4n) is 0.250. The molecule has 0 amide bonds. The summed E-state index contributed by atoms with van der Waals surface area (Å²) < 4.78 is 1.68. The van der Waals surface area contributed by atoms with E-state index in [1.807, 2.05) is 0 Å². The fourth-order valence-corrected chi connectivity index (χ4v) is 0.250. The molecule has 0 aliphatic carbocycles. The van der Waals surface area contributed by atoms with Crippen molar-refractivity contribution >= 4 is 3.21 Å². The molecule has 0 heterocycles. The number of hydrogen-bond acceptors (Lipinski definition) is 0. The van der Waals surface area contributed by atoms with Gasteiger partial charge in [0.1, 0.15) is 0 Å². The Hall–Kier alpha value is 0.753. The molecule has 0 bridgehead atoms. The van der Waals surface area contributed by atoms with E-state index < -0.39 is 0 Å². The van der Waals surface area contributed by atoms with Gasteiger partial charge >= 0.3 is 54.1 Å². The van der Waals surface area contributed by atoms with Gasteiger partial charge in [0, 0.05) is 0 Å². The topological polar surface area (TPSA) is 0 Å². The maximum absolute atomic E-state index is 2.22. The van der Waals surface area contributed by atoms with Crippen LogP contribution in [0.25, 0.3) is 0 Å². The van der Waals surface area contributed by atoms with Crippen LogP contribution in [-0.4, -0.2) is 3.21 Å². The van der Waals surface area contributed by atoms with E-state index in [0.29, 0.717) is 0 Å². The van der Waals surface area contributed by atoms with Crippen molar-refractivity contribution in [1.29, 1.82) is 0 Å². The first-order valence-electron chi connectivity index (χ1n) is 2.37. The molecule has 0 fully saturated rings. The molecular weight excluding hydrogens is 151 g/mol. The number of rotatable bonds is 2. The summed E-state index contributed by atoms with van der Waals surface area (Å²) in [5, 5.41) is 0. The molecule has 0 unspecified atom stereocenters. The SMILES string of the molecule is CC[C](=[Zr+2])CC. The van der Waals surface area contributed by atoms with Crippen LogP contribution in [0.15, 0.2) is 0 Å². The Bertz CT molecular complexity index is 41.9. The van der Waals surface area contributed by atoms with E-state index in [4.69, 9.17) is 0 Å². The van der Waals surface area contributed by atoms with Gasteiger partial charge in [0.15, 0.2) is 0 Å². The quantitative estimate of drug-likeness (QED) is 0.576. The van der Waals surface area contributed by atoms with Crippen LogP contribution in [0.3, 0.4) is 0 Å².